The maximum atomic E-state index is 6.62. The largest absolute Gasteiger partial charge is 0.456 e. The molecule has 1 fully saturated rings. The molecule has 0 bridgehead atoms. The van der Waals surface area contributed by atoms with Gasteiger partial charge in [0.1, 0.15) is 11.2 Å². The van der Waals surface area contributed by atoms with Crippen molar-refractivity contribution < 1.29 is 4.42 Å². The van der Waals surface area contributed by atoms with Crippen molar-refractivity contribution in [1.82, 2.24) is 20.5 Å². The second-order valence-electron chi connectivity index (χ2n) is 15.2. The Bertz CT molecular complexity index is 3150. The highest BCUT2D eigenvalue weighted by Gasteiger charge is 2.31. The molecule has 2 aliphatic rings. The molecule has 7 aromatic carbocycles. The molecule has 3 N–H and O–H groups in total. The average Bonchev–Trinajstić information content (AvgIpc) is 3.96. The molecule has 0 saturated carbocycles. The molecule has 4 heterocycles. The lowest BCUT2D eigenvalue weighted by molar-refractivity contribution is 0.204. The van der Waals surface area contributed by atoms with Gasteiger partial charge in [0.25, 0.3) is 0 Å². The van der Waals surface area contributed by atoms with Crippen LogP contribution in [0.4, 0.5) is 0 Å². The van der Waals surface area contributed by atoms with Crippen LogP contribution in [0.3, 0.4) is 0 Å². The number of thiophene rings is 1. The smallest absolute Gasteiger partial charge is 0.135 e. The van der Waals surface area contributed by atoms with Gasteiger partial charge in [-0.25, -0.2) is 0 Å². The molecule has 3 aromatic heterocycles. The van der Waals surface area contributed by atoms with Gasteiger partial charge in [0.05, 0.1) is 29.7 Å². The molecule has 2 atom stereocenters. The third-order valence-electron chi connectivity index (χ3n) is 12.0. The molecule has 0 spiro atoms. The molecule has 0 amide bonds. The van der Waals surface area contributed by atoms with Crippen molar-refractivity contribution in [3.63, 3.8) is 0 Å². The van der Waals surface area contributed by atoms with E-state index >= 15 is 0 Å². The summed E-state index contributed by atoms with van der Waals surface area (Å²) in [6.45, 7) is 0. The quantitative estimate of drug-likeness (QED) is 0.164. The van der Waals surface area contributed by atoms with E-state index in [1.165, 1.54) is 70.3 Å². The van der Waals surface area contributed by atoms with E-state index in [4.69, 9.17) is 4.42 Å². The normalized spacial score (nSPS) is 18.3. The highest BCUT2D eigenvalue weighted by atomic mass is 32.1. The number of nitrogens with zero attached hydrogens (tertiary/aromatic N) is 1. The summed E-state index contributed by atoms with van der Waals surface area (Å²) in [4.78, 5) is 0. The molecule has 5 nitrogen and oxygen atoms in total. The fraction of sp³-hybridized carbons (Fsp3) is 0.0980. The van der Waals surface area contributed by atoms with E-state index in [0.29, 0.717) is 0 Å². The van der Waals surface area contributed by atoms with Crippen molar-refractivity contribution in [3.05, 3.63) is 192 Å². The third-order valence-corrected chi connectivity index (χ3v) is 13.1. The molecule has 12 rings (SSSR count). The topological polar surface area (TPSA) is 54.2 Å². The Morgan fingerprint density at radius 2 is 1.26 bits per heavy atom. The highest BCUT2D eigenvalue weighted by molar-refractivity contribution is 7.26. The summed E-state index contributed by atoms with van der Waals surface area (Å²) >= 11 is 1.88. The Kier molecular flexibility index (Phi) is 7.60. The van der Waals surface area contributed by atoms with Gasteiger partial charge in [-0.3, -0.25) is 16.0 Å². The second kappa shape index (κ2) is 13.2. The predicted molar refractivity (Wildman–Crippen MR) is 237 cm³/mol. The number of para-hydroxylation sites is 1. The first-order valence-electron chi connectivity index (χ1n) is 19.8. The van der Waals surface area contributed by atoms with Crippen molar-refractivity contribution in [2.24, 2.45) is 0 Å². The van der Waals surface area contributed by atoms with Gasteiger partial charge in [-0.15, -0.1) is 11.3 Å². The highest BCUT2D eigenvalue weighted by Crippen LogP contribution is 2.46. The van der Waals surface area contributed by atoms with Gasteiger partial charge in [-0.05, 0) is 83.1 Å². The van der Waals surface area contributed by atoms with Crippen LogP contribution < -0.4 is 16.0 Å². The van der Waals surface area contributed by atoms with Crippen molar-refractivity contribution in [2.75, 3.05) is 0 Å². The maximum Gasteiger partial charge on any atom is 0.135 e. The molecule has 2 unspecified atom stereocenters. The van der Waals surface area contributed by atoms with Gasteiger partial charge in [0, 0.05) is 47.6 Å². The maximum absolute atomic E-state index is 6.62. The number of nitrogens with one attached hydrogen (secondary N) is 3. The first-order chi connectivity index (χ1) is 28.3. The first kappa shape index (κ1) is 32.9. The monoisotopic (exact) mass is 754 g/mol. The Morgan fingerprint density at radius 1 is 0.561 bits per heavy atom. The molecule has 57 heavy (non-hydrogen) atoms. The zero-order chi connectivity index (χ0) is 37.5. The lowest BCUT2D eigenvalue weighted by Gasteiger charge is -2.39. The minimum absolute atomic E-state index is 0.0654. The number of rotatable bonds is 5. The van der Waals surface area contributed by atoms with Crippen LogP contribution in [0.2, 0.25) is 0 Å². The Balaban J connectivity index is 1.04. The minimum Gasteiger partial charge on any atom is -0.456 e. The number of hydrogen-bond donors (Lipinski definition) is 3. The van der Waals surface area contributed by atoms with Gasteiger partial charge in [0.2, 0.25) is 0 Å². The predicted octanol–water partition coefficient (Wildman–Crippen LogP) is 12.7. The molecular formula is C51H38N4OS. The van der Waals surface area contributed by atoms with E-state index in [9.17, 15) is 0 Å². The average molecular weight is 755 g/mol. The van der Waals surface area contributed by atoms with E-state index in [2.05, 4.69) is 190 Å². The van der Waals surface area contributed by atoms with Crippen molar-refractivity contribution in [1.29, 1.82) is 0 Å². The fourth-order valence-electron chi connectivity index (χ4n) is 9.48. The van der Waals surface area contributed by atoms with Crippen LogP contribution in [0.1, 0.15) is 52.9 Å². The van der Waals surface area contributed by atoms with Gasteiger partial charge < -0.3 is 8.98 Å². The van der Waals surface area contributed by atoms with Crippen LogP contribution in [-0.4, -0.2) is 4.57 Å². The molecule has 1 aliphatic heterocycles. The van der Waals surface area contributed by atoms with Crippen LogP contribution in [0.5, 0.6) is 0 Å². The molecular weight excluding hydrogens is 717 g/mol. The van der Waals surface area contributed by atoms with Gasteiger partial charge >= 0.3 is 0 Å². The number of hydrogen-bond acceptors (Lipinski definition) is 5. The number of allylic oxidation sites excluding steroid dienone is 1. The summed E-state index contributed by atoms with van der Waals surface area (Å²) in [5, 5.41) is 17.8. The van der Waals surface area contributed by atoms with Crippen molar-refractivity contribution in [2.45, 2.75) is 31.3 Å². The van der Waals surface area contributed by atoms with Gasteiger partial charge in [0.15, 0.2) is 0 Å². The van der Waals surface area contributed by atoms with Crippen LogP contribution in [0.25, 0.3) is 75.9 Å². The SMILES string of the molecule is C1=Cc2c(n(-c3cccc4sc5cccc(-c6ccc7oc8cccc(C9NC(c%10ccccc%10)NC(c%10ccccc%10)N9)c8c7c6)c5c34)c3ccccc23)CC1. The van der Waals surface area contributed by atoms with Crippen LogP contribution in [-0.2, 0) is 6.42 Å². The molecule has 0 radical (unpaired) electrons. The summed E-state index contributed by atoms with van der Waals surface area (Å²) in [5.41, 5.74) is 13.0. The van der Waals surface area contributed by atoms with E-state index in [1.54, 1.807) is 0 Å². The first-order valence-corrected chi connectivity index (χ1v) is 20.7. The second-order valence-corrected chi connectivity index (χ2v) is 16.3. The number of aromatic nitrogens is 1. The lowest BCUT2D eigenvalue weighted by Crippen LogP contribution is -2.54. The molecule has 1 saturated heterocycles. The summed E-state index contributed by atoms with van der Waals surface area (Å²) in [5.74, 6) is 0. The Morgan fingerprint density at radius 3 is 2.07 bits per heavy atom. The van der Waals surface area contributed by atoms with E-state index < -0.39 is 0 Å². The van der Waals surface area contributed by atoms with E-state index in [1.807, 2.05) is 11.3 Å². The lowest BCUT2D eigenvalue weighted by atomic mass is 9.96. The summed E-state index contributed by atoms with van der Waals surface area (Å²) < 4.78 is 11.8. The summed E-state index contributed by atoms with van der Waals surface area (Å²) in [6, 6.07) is 57.0. The van der Waals surface area contributed by atoms with Gasteiger partial charge in [-0.1, -0.05) is 127 Å². The molecule has 274 valence electrons. The standard InChI is InChI=1S/C51H38N4OS/c1-3-14-31(15-4-1)49-52-50(32-16-5-2-6-17-32)54-51(53-49)37-21-11-25-43-46(37)38-30-33(28-29-42(38)56-43)34-20-12-26-44-47(34)48-41(24-13-27-45(48)57-44)55-39-22-9-7-18-35(39)36-19-8-10-23-40(36)55/h1-9,11-22,24-30,49-54H,10,23H2. The fourth-order valence-corrected chi connectivity index (χ4v) is 10.6. The van der Waals surface area contributed by atoms with Crippen LogP contribution >= 0.6 is 11.3 Å². The number of fused-ring (bicyclic) bond motifs is 9. The Labute approximate surface area is 333 Å². The zero-order valence-electron chi connectivity index (χ0n) is 31.1. The van der Waals surface area contributed by atoms with Crippen LogP contribution in [0.15, 0.2) is 168 Å². The summed E-state index contributed by atoms with van der Waals surface area (Å²) in [7, 11) is 0. The molecule has 10 aromatic rings. The minimum atomic E-state index is -0.154. The Hall–Kier alpha value is -6.28. The van der Waals surface area contributed by atoms with E-state index in [0.717, 1.165) is 40.3 Å². The van der Waals surface area contributed by atoms with E-state index in [-0.39, 0.29) is 18.5 Å². The molecule has 1 aliphatic carbocycles. The molecule has 6 heteroatoms. The third kappa shape index (κ3) is 5.26. The van der Waals surface area contributed by atoms with Crippen LogP contribution in [0, 0.1) is 0 Å². The number of furan rings is 1. The summed E-state index contributed by atoms with van der Waals surface area (Å²) in [6.07, 6.45) is 6.44. The van der Waals surface area contributed by atoms with Crippen molar-refractivity contribution in [3.8, 4) is 16.8 Å². The zero-order valence-corrected chi connectivity index (χ0v) is 31.9. The van der Waals surface area contributed by atoms with Gasteiger partial charge in [-0.2, -0.15) is 0 Å². The van der Waals surface area contributed by atoms with Crippen molar-refractivity contribution >= 4 is 70.4 Å². The number of benzene rings is 7.